The molecule has 0 bridgehead atoms. The molecule has 0 fully saturated rings. The van der Waals surface area contributed by atoms with Crippen molar-refractivity contribution >= 4 is 17.5 Å². The van der Waals surface area contributed by atoms with Gasteiger partial charge in [-0.05, 0) is 61.1 Å². The van der Waals surface area contributed by atoms with Gasteiger partial charge in [0.25, 0.3) is 0 Å². The van der Waals surface area contributed by atoms with Crippen LogP contribution in [0.1, 0.15) is 126 Å². The van der Waals surface area contributed by atoms with Crippen LogP contribution >= 0.6 is 0 Å². The van der Waals surface area contributed by atoms with Gasteiger partial charge in [0.15, 0.2) is 0 Å². The minimum atomic E-state index is -0.732. The first kappa shape index (κ1) is 34.3. The molecule has 0 aromatic heterocycles. The molecule has 2 atom stereocenters. The number of allylic oxidation sites excluding steroid dienone is 3. The highest BCUT2D eigenvalue weighted by atomic mass is 19.1. The molecule has 0 spiro atoms. The van der Waals surface area contributed by atoms with E-state index in [1.165, 1.54) is 44.9 Å². The summed E-state index contributed by atoms with van der Waals surface area (Å²) in [6, 6.07) is 16.6. The molecule has 234 valence electrons. The van der Waals surface area contributed by atoms with E-state index in [9.17, 15) is 14.0 Å². The van der Waals surface area contributed by atoms with Crippen LogP contribution in [0.3, 0.4) is 0 Å². The standard InChI is InChI=1S/C38H51FO4/c1-3-5-7-9-11-16-20-35(30-39)42-36(40)33-21-23-34(24-22-33)43-37(41)38(27-17-12-10-8-6-4-2)28-25-32(26-29-38)31-18-14-13-15-19-31/h13-15,18-19,21-26,28,35H,3-12,16-17,20,27,29-30H2,1-2H3. The third-order valence-corrected chi connectivity index (χ3v) is 8.38. The molecule has 0 heterocycles. The van der Waals surface area contributed by atoms with Gasteiger partial charge in [0.1, 0.15) is 18.5 Å². The van der Waals surface area contributed by atoms with Crippen molar-refractivity contribution in [1.82, 2.24) is 0 Å². The second-order valence-electron chi connectivity index (χ2n) is 11.9. The predicted molar refractivity (Wildman–Crippen MR) is 174 cm³/mol. The highest BCUT2D eigenvalue weighted by molar-refractivity contribution is 5.90. The third-order valence-electron chi connectivity index (χ3n) is 8.38. The molecule has 1 aliphatic rings. The maximum atomic E-state index is 13.6. The van der Waals surface area contributed by atoms with Crippen LogP contribution in [0.25, 0.3) is 5.57 Å². The quantitative estimate of drug-likeness (QED) is 0.0874. The van der Waals surface area contributed by atoms with E-state index in [0.29, 0.717) is 24.2 Å². The average Bonchev–Trinajstić information content (AvgIpc) is 3.04. The van der Waals surface area contributed by atoms with Gasteiger partial charge in [-0.3, -0.25) is 4.79 Å². The fraction of sp³-hybridized carbons (Fsp3) is 0.526. The monoisotopic (exact) mass is 590 g/mol. The summed E-state index contributed by atoms with van der Waals surface area (Å²) >= 11 is 0. The number of halogens is 1. The number of carbonyl (C=O) groups is 2. The lowest BCUT2D eigenvalue weighted by atomic mass is 9.75. The fourth-order valence-electron chi connectivity index (χ4n) is 5.59. The molecule has 0 saturated heterocycles. The number of carbonyl (C=O) groups excluding carboxylic acids is 2. The Morgan fingerprint density at radius 1 is 0.814 bits per heavy atom. The lowest BCUT2D eigenvalue weighted by Crippen LogP contribution is -2.34. The van der Waals surface area contributed by atoms with Gasteiger partial charge in [-0.15, -0.1) is 0 Å². The largest absolute Gasteiger partial charge is 0.456 e. The zero-order valence-electron chi connectivity index (χ0n) is 26.3. The van der Waals surface area contributed by atoms with Gasteiger partial charge in [0.05, 0.1) is 11.0 Å². The minimum absolute atomic E-state index is 0.285. The van der Waals surface area contributed by atoms with Crippen LogP contribution in [0, 0.1) is 5.41 Å². The van der Waals surface area contributed by atoms with Gasteiger partial charge >= 0.3 is 11.9 Å². The van der Waals surface area contributed by atoms with E-state index in [-0.39, 0.29) is 5.97 Å². The Balaban J connectivity index is 1.59. The predicted octanol–water partition coefficient (Wildman–Crippen LogP) is 10.6. The number of ether oxygens (including phenoxy) is 2. The molecule has 0 amide bonds. The second-order valence-corrected chi connectivity index (χ2v) is 11.9. The average molecular weight is 591 g/mol. The van der Waals surface area contributed by atoms with Crippen LogP contribution in [-0.4, -0.2) is 24.7 Å². The Morgan fingerprint density at radius 3 is 2.05 bits per heavy atom. The van der Waals surface area contributed by atoms with Gasteiger partial charge in [-0.2, -0.15) is 0 Å². The topological polar surface area (TPSA) is 52.6 Å². The summed E-state index contributed by atoms with van der Waals surface area (Å²) in [5, 5.41) is 0. The summed E-state index contributed by atoms with van der Waals surface area (Å²) in [4.78, 5) is 26.3. The Bertz CT molecular complexity index is 1150. The van der Waals surface area contributed by atoms with E-state index in [4.69, 9.17) is 9.47 Å². The van der Waals surface area contributed by atoms with Crippen molar-refractivity contribution in [2.24, 2.45) is 5.41 Å². The highest BCUT2D eigenvalue weighted by Gasteiger charge is 2.38. The van der Waals surface area contributed by atoms with Crippen molar-refractivity contribution in [2.75, 3.05) is 6.67 Å². The smallest absolute Gasteiger partial charge is 0.338 e. The number of rotatable bonds is 20. The van der Waals surface area contributed by atoms with E-state index in [1.54, 1.807) is 24.3 Å². The number of hydrogen-bond acceptors (Lipinski definition) is 4. The van der Waals surface area contributed by atoms with Crippen molar-refractivity contribution in [3.05, 3.63) is 84.0 Å². The maximum Gasteiger partial charge on any atom is 0.338 e. The Morgan fingerprint density at radius 2 is 1.44 bits per heavy atom. The van der Waals surface area contributed by atoms with Crippen LogP contribution in [0.4, 0.5) is 4.39 Å². The molecule has 2 aromatic carbocycles. The molecular weight excluding hydrogens is 539 g/mol. The number of unbranched alkanes of at least 4 members (excludes halogenated alkanes) is 10. The van der Waals surface area contributed by atoms with Crippen LogP contribution in [-0.2, 0) is 9.53 Å². The first-order valence-corrected chi connectivity index (χ1v) is 16.6. The van der Waals surface area contributed by atoms with Gasteiger partial charge < -0.3 is 9.47 Å². The van der Waals surface area contributed by atoms with Crippen molar-refractivity contribution in [3.63, 3.8) is 0 Å². The summed E-state index contributed by atoms with van der Waals surface area (Å²) < 4.78 is 24.9. The van der Waals surface area contributed by atoms with Gasteiger partial charge in [-0.1, -0.05) is 133 Å². The molecule has 0 N–H and O–H groups in total. The zero-order valence-corrected chi connectivity index (χ0v) is 26.3. The normalized spacial score (nSPS) is 16.9. The van der Waals surface area contributed by atoms with Gasteiger partial charge in [0.2, 0.25) is 0 Å². The molecule has 2 unspecified atom stereocenters. The van der Waals surface area contributed by atoms with E-state index < -0.39 is 24.2 Å². The molecule has 43 heavy (non-hydrogen) atoms. The van der Waals surface area contributed by atoms with Gasteiger partial charge in [-0.25, -0.2) is 9.18 Å². The number of benzene rings is 2. The van der Waals surface area contributed by atoms with E-state index in [2.05, 4.69) is 32.1 Å². The summed E-state index contributed by atoms with van der Waals surface area (Å²) in [5.74, 6) is -0.462. The zero-order chi connectivity index (χ0) is 30.8. The molecule has 3 rings (SSSR count). The lowest BCUT2D eigenvalue weighted by Gasteiger charge is -2.30. The Hall–Kier alpha value is -3.21. The van der Waals surface area contributed by atoms with Gasteiger partial charge in [0, 0.05) is 0 Å². The fourth-order valence-corrected chi connectivity index (χ4v) is 5.59. The van der Waals surface area contributed by atoms with E-state index >= 15 is 0 Å². The van der Waals surface area contributed by atoms with Crippen LogP contribution in [0.15, 0.2) is 72.8 Å². The summed E-state index contributed by atoms with van der Waals surface area (Å²) in [6.07, 6.45) is 20.8. The second kappa shape index (κ2) is 19.1. The van der Waals surface area contributed by atoms with Crippen LogP contribution in [0.5, 0.6) is 5.75 Å². The molecule has 0 aliphatic heterocycles. The van der Waals surface area contributed by atoms with Crippen molar-refractivity contribution < 1.29 is 23.5 Å². The summed E-state index contributed by atoms with van der Waals surface area (Å²) in [6.45, 7) is 3.70. The molecule has 5 heteroatoms. The first-order valence-electron chi connectivity index (χ1n) is 16.6. The number of alkyl halides is 1. The number of esters is 2. The van der Waals surface area contributed by atoms with Crippen LogP contribution < -0.4 is 4.74 Å². The van der Waals surface area contributed by atoms with Crippen molar-refractivity contribution in [3.8, 4) is 5.75 Å². The third kappa shape index (κ3) is 11.4. The molecule has 4 nitrogen and oxygen atoms in total. The molecular formula is C38H51FO4. The van der Waals surface area contributed by atoms with Crippen molar-refractivity contribution in [1.29, 1.82) is 0 Å². The van der Waals surface area contributed by atoms with Crippen LogP contribution in [0.2, 0.25) is 0 Å². The molecule has 2 aromatic rings. The summed E-state index contributed by atoms with van der Waals surface area (Å²) in [5.41, 5.74) is 1.82. The van der Waals surface area contributed by atoms with E-state index in [1.807, 2.05) is 30.4 Å². The molecule has 1 aliphatic carbocycles. The maximum absolute atomic E-state index is 13.6. The summed E-state index contributed by atoms with van der Waals surface area (Å²) in [7, 11) is 0. The van der Waals surface area contributed by atoms with E-state index in [0.717, 1.165) is 49.7 Å². The molecule has 0 saturated carbocycles. The molecule has 0 radical (unpaired) electrons. The Kier molecular flexibility index (Phi) is 15.3. The SMILES string of the molecule is CCCCCCCCC(CF)OC(=O)c1ccc(OC(=O)C2(CCCCCCCC)C=CC(c3ccccc3)=CC2)cc1. The minimum Gasteiger partial charge on any atom is -0.456 e. The lowest BCUT2D eigenvalue weighted by molar-refractivity contribution is -0.143. The first-order chi connectivity index (χ1) is 21.0. The Labute approximate surface area is 258 Å². The highest BCUT2D eigenvalue weighted by Crippen LogP contribution is 2.39. The van der Waals surface area contributed by atoms with Crippen molar-refractivity contribution in [2.45, 2.75) is 116 Å². The number of hydrogen-bond donors (Lipinski definition) is 0.